The number of hydrogen-bond acceptors (Lipinski definition) is 3. The van der Waals surface area contributed by atoms with Crippen LogP contribution in [0.3, 0.4) is 0 Å². The van der Waals surface area contributed by atoms with Crippen LogP contribution in [0.1, 0.15) is 30.1 Å². The van der Waals surface area contributed by atoms with E-state index in [-0.39, 0.29) is 11.4 Å². The van der Waals surface area contributed by atoms with E-state index in [1.807, 2.05) is 7.05 Å². The van der Waals surface area contributed by atoms with E-state index in [0.717, 1.165) is 19.0 Å². The highest BCUT2D eigenvalue weighted by molar-refractivity contribution is 5.94. The van der Waals surface area contributed by atoms with E-state index >= 15 is 0 Å². The Labute approximate surface area is 106 Å². The Morgan fingerprint density at radius 2 is 2.11 bits per heavy atom. The summed E-state index contributed by atoms with van der Waals surface area (Å²) in [5.74, 6) is -0.613. The fourth-order valence-corrected chi connectivity index (χ4v) is 2.16. The van der Waals surface area contributed by atoms with Gasteiger partial charge in [-0.3, -0.25) is 9.78 Å². The van der Waals surface area contributed by atoms with E-state index in [4.69, 9.17) is 0 Å². The molecule has 2 rings (SSSR count). The number of carbonyl (C=O) groups is 1. The van der Waals surface area contributed by atoms with E-state index in [0.29, 0.717) is 18.7 Å². The SMILES string of the molecule is CNC1(C)CCN(C(=O)c2cncc(F)c2)CC1. The summed E-state index contributed by atoms with van der Waals surface area (Å²) in [5.41, 5.74) is 0.416. The third-order valence-corrected chi connectivity index (χ3v) is 3.71. The van der Waals surface area contributed by atoms with Crippen molar-refractivity contribution >= 4 is 5.91 Å². The Morgan fingerprint density at radius 3 is 2.67 bits per heavy atom. The molecule has 0 atom stereocenters. The fourth-order valence-electron chi connectivity index (χ4n) is 2.16. The zero-order valence-electron chi connectivity index (χ0n) is 10.7. The Bertz CT molecular complexity index is 442. The second kappa shape index (κ2) is 5.02. The number of aromatic nitrogens is 1. The van der Waals surface area contributed by atoms with Crippen LogP contribution in [0.4, 0.5) is 4.39 Å². The minimum atomic E-state index is -0.474. The van der Waals surface area contributed by atoms with Crippen molar-refractivity contribution in [3.05, 3.63) is 29.8 Å². The Kier molecular flexibility index (Phi) is 3.61. The zero-order valence-corrected chi connectivity index (χ0v) is 10.7. The molecule has 0 saturated carbocycles. The normalized spacial score (nSPS) is 18.7. The quantitative estimate of drug-likeness (QED) is 0.865. The molecule has 0 radical (unpaired) electrons. The molecule has 0 aromatic carbocycles. The highest BCUT2D eigenvalue weighted by atomic mass is 19.1. The summed E-state index contributed by atoms with van der Waals surface area (Å²) in [6.45, 7) is 3.53. The van der Waals surface area contributed by atoms with E-state index in [9.17, 15) is 9.18 Å². The number of halogens is 1. The van der Waals surface area contributed by atoms with Gasteiger partial charge in [0.2, 0.25) is 0 Å². The molecule has 0 spiro atoms. The summed E-state index contributed by atoms with van der Waals surface area (Å²) in [4.78, 5) is 17.6. The molecule has 4 nitrogen and oxygen atoms in total. The second-order valence-electron chi connectivity index (χ2n) is 4.99. The van der Waals surface area contributed by atoms with Crippen LogP contribution in [-0.2, 0) is 0 Å². The first kappa shape index (κ1) is 13.0. The number of carbonyl (C=O) groups excluding carboxylic acids is 1. The number of piperidine rings is 1. The summed E-state index contributed by atoms with van der Waals surface area (Å²) in [5, 5.41) is 3.28. The first-order valence-corrected chi connectivity index (χ1v) is 6.13. The summed E-state index contributed by atoms with van der Waals surface area (Å²) in [6.07, 6.45) is 4.32. The number of likely N-dealkylation sites (tertiary alicyclic amines) is 1. The van der Waals surface area contributed by atoms with Gasteiger partial charge in [0.1, 0.15) is 5.82 Å². The van der Waals surface area contributed by atoms with Crippen LogP contribution in [0.15, 0.2) is 18.5 Å². The minimum absolute atomic E-state index is 0.0942. The van der Waals surface area contributed by atoms with E-state index in [1.54, 1.807) is 4.90 Å². The third kappa shape index (κ3) is 2.67. The lowest BCUT2D eigenvalue weighted by Gasteiger charge is -2.39. The monoisotopic (exact) mass is 251 g/mol. The van der Waals surface area contributed by atoms with Crippen LogP contribution >= 0.6 is 0 Å². The molecule has 1 aliphatic rings. The van der Waals surface area contributed by atoms with Gasteiger partial charge in [-0.15, -0.1) is 0 Å². The Morgan fingerprint density at radius 1 is 1.44 bits per heavy atom. The van der Waals surface area contributed by atoms with Crippen molar-refractivity contribution in [2.45, 2.75) is 25.3 Å². The lowest BCUT2D eigenvalue weighted by Crippen LogP contribution is -2.51. The molecule has 1 aliphatic heterocycles. The molecule has 2 heterocycles. The summed E-state index contributed by atoms with van der Waals surface area (Å²) >= 11 is 0. The summed E-state index contributed by atoms with van der Waals surface area (Å²) in [6, 6.07) is 1.24. The third-order valence-electron chi connectivity index (χ3n) is 3.71. The van der Waals surface area contributed by atoms with Crippen molar-refractivity contribution in [1.29, 1.82) is 0 Å². The second-order valence-corrected chi connectivity index (χ2v) is 4.99. The smallest absolute Gasteiger partial charge is 0.255 e. The Balaban J connectivity index is 2.04. The van der Waals surface area contributed by atoms with E-state index < -0.39 is 5.82 Å². The molecule has 1 saturated heterocycles. The minimum Gasteiger partial charge on any atom is -0.338 e. The zero-order chi connectivity index (χ0) is 13.2. The van der Waals surface area contributed by atoms with Crippen molar-refractivity contribution in [1.82, 2.24) is 15.2 Å². The predicted octanol–water partition coefficient (Wildman–Crippen LogP) is 1.43. The highest BCUT2D eigenvalue weighted by Gasteiger charge is 2.30. The number of amides is 1. The molecule has 1 aromatic heterocycles. The molecule has 0 bridgehead atoms. The van der Waals surface area contributed by atoms with Gasteiger partial charge in [-0.1, -0.05) is 0 Å². The summed E-state index contributed by atoms with van der Waals surface area (Å²) < 4.78 is 13.0. The number of nitrogens with zero attached hydrogens (tertiary/aromatic N) is 2. The number of nitrogens with one attached hydrogen (secondary N) is 1. The molecular formula is C13H18FN3O. The van der Waals surface area contributed by atoms with Gasteiger partial charge in [0, 0.05) is 24.8 Å². The molecule has 1 N–H and O–H groups in total. The van der Waals surface area contributed by atoms with Crippen LogP contribution in [0, 0.1) is 5.82 Å². The van der Waals surface area contributed by atoms with Crippen molar-refractivity contribution in [2.75, 3.05) is 20.1 Å². The Hall–Kier alpha value is -1.49. The fraction of sp³-hybridized carbons (Fsp3) is 0.538. The van der Waals surface area contributed by atoms with Crippen LogP contribution in [-0.4, -0.2) is 41.5 Å². The number of hydrogen-bond donors (Lipinski definition) is 1. The first-order chi connectivity index (χ1) is 8.54. The number of rotatable bonds is 2. The largest absolute Gasteiger partial charge is 0.338 e. The lowest BCUT2D eigenvalue weighted by molar-refractivity contribution is 0.0661. The number of pyridine rings is 1. The molecule has 98 valence electrons. The van der Waals surface area contributed by atoms with Crippen LogP contribution in [0.5, 0.6) is 0 Å². The molecule has 0 aliphatic carbocycles. The topological polar surface area (TPSA) is 45.2 Å². The van der Waals surface area contributed by atoms with Crippen molar-refractivity contribution < 1.29 is 9.18 Å². The van der Waals surface area contributed by atoms with Gasteiger partial charge in [-0.2, -0.15) is 0 Å². The molecule has 18 heavy (non-hydrogen) atoms. The summed E-state index contributed by atoms with van der Waals surface area (Å²) in [7, 11) is 1.94. The predicted molar refractivity (Wildman–Crippen MR) is 66.8 cm³/mol. The van der Waals surface area contributed by atoms with Crippen molar-refractivity contribution in [3.8, 4) is 0 Å². The highest BCUT2D eigenvalue weighted by Crippen LogP contribution is 2.22. The molecule has 1 aromatic rings. The van der Waals surface area contributed by atoms with E-state index in [2.05, 4.69) is 17.2 Å². The molecule has 1 amide bonds. The van der Waals surface area contributed by atoms with Gasteiger partial charge in [-0.25, -0.2) is 4.39 Å². The van der Waals surface area contributed by atoms with Gasteiger partial charge in [0.15, 0.2) is 0 Å². The average Bonchev–Trinajstić information content (AvgIpc) is 2.39. The van der Waals surface area contributed by atoms with Gasteiger partial charge in [-0.05, 0) is 32.9 Å². The van der Waals surface area contributed by atoms with Crippen molar-refractivity contribution in [3.63, 3.8) is 0 Å². The first-order valence-electron chi connectivity index (χ1n) is 6.13. The van der Waals surface area contributed by atoms with Gasteiger partial charge >= 0.3 is 0 Å². The molecule has 5 heteroatoms. The van der Waals surface area contributed by atoms with Crippen LogP contribution in [0.25, 0.3) is 0 Å². The maximum atomic E-state index is 13.0. The standard InChI is InChI=1S/C13H18FN3O/c1-13(15-2)3-5-17(6-4-13)12(18)10-7-11(14)9-16-8-10/h7-9,15H,3-6H2,1-2H3. The van der Waals surface area contributed by atoms with Crippen molar-refractivity contribution in [2.24, 2.45) is 0 Å². The van der Waals surface area contributed by atoms with Gasteiger partial charge in [0.05, 0.1) is 11.8 Å². The van der Waals surface area contributed by atoms with E-state index in [1.165, 1.54) is 12.3 Å². The van der Waals surface area contributed by atoms with Crippen LogP contribution in [0.2, 0.25) is 0 Å². The molecule has 0 unspecified atom stereocenters. The molecule has 1 fully saturated rings. The average molecular weight is 251 g/mol. The maximum absolute atomic E-state index is 13.0. The van der Waals surface area contributed by atoms with Gasteiger partial charge < -0.3 is 10.2 Å². The lowest BCUT2D eigenvalue weighted by atomic mass is 9.89. The molecular weight excluding hydrogens is 233 g/mol. The van der Waals surface area contributed by atoms with Gasteiger partial charge in [0.25, 0.3) is 5.91 Å². The maximum Gasteiger partial charge on any atom is 0.255 e. The van der Waals surface area contributed by atoms with Crippen LogP contribution < -0.4 is 5.32 Å².